The second-order valence-corrected chi connectivity index (χ2v) is 15.6. The van der Waals surface area contributed by atoms with E-state index in [0.29, 0.717) is 12.8 Å². The van der Waals surface area contributed by atoms with Gasteiger partial charge >= 0.3 is 11.9 Å². The Morgan fingerprint density at radius 1 is 0.449 bits per heavy atom. The molecule has 0 saturated heterocycles. The van der Waals surface area contributed by atoms with Gasteiger partial charge in [-0.3, -0.25) is 9.59 Å². The highest BCUT2D eigenvalue weighted by molar-refractivity contribution is 5.70. The van der Waals surface area contributed by atoms with E-state index in [1.807, 2.05) is 0 Å². The van der Waals surface area contributed by atoms with Gasteiger partial charge in [-0.05, 0) is 18.8 Å². The maximum absolute atomic E-state index is 12.2. The maximum Gasteiger partial charge on any atom is 0.306 e. The number of hydrogen-bond donors (Lipinski definition) is 1. The Morgan fingerprint density at radius 3 is 1.08 bits per heavy atom. The Balaban J connectivity index is 3.47. The second kappa shape index (κ2) is 39.7. The van der Waals surface area contributed by atoms with Crippen LogP contribution in [0.3, 0.4) is 0 Å². The van der Waals surface area contributed by atoms with Crippen LogP contribution < -0.4 is 0 Å². The van der Waals surface area contributed by atoms with Crippen LogP contribution in [-0.4, -0.2) is 36.4 Å². The van der Waals surface area contributed by atoms with Crippen molar-refractivity contribution >= 4 is 11.9 Å². The van der Waals surface area contributed by atoms with Crippen molar-refractivity contribution in [3.05, 3.63) is 0 Å². The minimum atomic E-state index is -0.762. The molecule has 1 N–H and O–H groups in total. The van der Waals surface area contributed by atoms with Crippen molar-refractivity contribution in [1.82, 2.24) is 0 Å². The molecule has 0 saturated carbocycles. The van der Waals surface area contributed by atoms with Crippen molar-refractivity contribution in [3.8, 4) is 0 Å². The fourth-order valence-electron chi connectivity index (χ4n) is 6.74. The van der Waals surface area contributed by atoms with Crippen LogP contribution >= 0.6 is 0 Å². The molecular weight excluding hydrogens is 608 g/mol. The molecule has 0 aliphatic heterocycles. The van der Waals surface area contributed by atoms with E-state index in [1.165, 1.54) is 180 Å². The summed E-state index contributed by atoms with van der Waals surface area (Å²) in [6.07, 6.45) is 43.1. The summed E-state index contributed by atoms with van der Waals surface area (Å²) in [5.41, 5.74) is 0. The van der Waals surface area contributed by atoms with Gasteiger partial charge < -0.3 is 14.6 Å². The molecule has 0 spiro atoms. The van der Waals surface area contributed by atoms with Crippen molar-refractivity contribution in [3.63, 3.8) is 0 Å². The lowest BCUT2D eigenvalue weighted by atomic mass is 10.0. The van der Waals surface area contributed by atoms with Crippen LogP contribution in [0.5, 0.6) is 0 Å². The number of unbranched alkanes of at least 4 members (excludes halogenated alkanes) is 30. The summed E-state index contributed by atoms with van der Waals surface area (Å²) < 4.78 is 10.6. The Bertz CT molecular complexity index is 678. The Hall–Kier alpha value is -1.10. The molecule has 49 heavy (non-hydrogen) atoms. The summed E-state index contributed by atoms with van der Waals surface area (Å²) in [7, 11) is 0. The van der Waals surface area contributed by atoms with Gasteiger partial charge in [0, 0.05) is 12.8 Å². The summed E-state index contributed by atoms with van der Waals surface area (Å²) in [6.45, 7) is 6.54. The number of esters is 2. The van der Waals surface area contributed by atoms with E-state index in [4.69, 9.17) is 9.47 Å². The topological polar surface area (TPSA) is 72.8 Å². The fraction of sp³-hybridized carbons (Fsp3) is 0.955. The molecule has 0 aliphatic rings. The minimum Gasteiger partial charge on any atom is -0.462 e. The maximum atomic E-state index is 12.2. The largest absolute Gasteiger partial charge is 0.462 e. The van der Waals surface area contributed by atoms with Gasteiger partial charge in [0.15, 0.2) is 6.10 Å². The summed E-state index contributed by atoms with van der Waals surface area (Å²) in [4.78, 5) is 24.3. The molecule has 0 amide bonds. The highest BCUT2D eigenvalue weighted by atomic mass is 16.6. The van der Waals surface area contributed by atoms with Gasteiger partial charge in [-0.15, -0.1) is 0 Å². The number of aliphatic hydroxyl groups is 1. The van der Waals surface area contributed by atoms with Crippen molar-refractivity contribution in [2.24, 2.45) is 5.92 Å². The molecule has 0 rings (SSSR count). The summed E-state index contributed by atoms with van der Waals surface area (Å²) in [5.74, 6) is 0.282. The lowest BCUT2D eigenvalue weighted by molar-refractivity contribution is -0.161. The quantitative estimate of drug-likeness (QED) is 0.0510. The first-order chi connectivity index (χ1) is 24.0. The fourth-order valence-corrected chi connectivity index (χ4v) is 6.74. The monoisotopic (exact) mass is 695 g/mol. The Morgan fingerprint density at radius 2 is 0.755 bits per heavy atom. The third-order valence-electron chi connectivity index (χ3n) is 10.1. The van der Waals surface area contributed by atoms with E-state index < -0.39 is 6.10 Å². The van der Waals surface area contributed by atoms with Crippen LogP contribution in [0.1, 0.15) is 245 Å². The molecule has 0 aliphatic carbocycles. The molecule has 0 aromatic heterocycles. The molecule has 0 fully saturated rings. The number of carbonyl (C=O) groups excluding carboxylic acids is 2. The molecule has 0 unspecified atom stereocenters. The van der Waals surface area contributed by atoms with Gasteiger partial charge in [0.1, 0.15) is 6.61 Å². The predicted octanol–water partition coefficient (Wildman–Crippen LogP) is 13.8. The summed E-state index contributed by atoms with van der Waals surface area (Å²) >= 11 is 0. The molecule has 292 valence electrons. The number of ether oxygens (including phenoxy) is 2. The zero-order chi connectivity index (χ0) is 35.9. The molecule has 0 aromatic carbocycles. The van der Waals surface area contributed by atoms with Crippen LogP contribution in [0.25, 0.3) is 0 Å². The lowest BCUT2D eigenvalue weighted by Crippen LogP contribution is -2.28. The number of aliphatic hydroxyl groups excluding tert-OH is 1. The third-order valence-corrected chi connectivity index (χ3v) is 10.1. The summed E-state index contributed by atoms with van der Waals surface area (Å²) in [5, 5.41) is 9.58. The smallest absolute Gasteiger partial charge is 0.306 e. The van der Waals surface area contributed by atoms with Gasteiger partial charge in [0.2, 0.25) is 0 Å². The number of rotatable bonds is 40. The van der Waals surface area contributed by atoms with Gasteiger partial charge in [-0.2, -0.15) is 0 Å². The van der Waals surface area contributed by atoms with Crippen molar-refractivity contribution in [2.45, 2.75) is 252 Å². The standard InChI is InChI=1S/C44H86O5/c1-4-5-6-7-8-9-10-11-12-13-16-19-22-25-28-31-34-37-43(46)48-40-42(39-45)49-44(47)38-35-32-29-26-23-20-17-14-15-18-21-24-27-30-33-36-41(2)3/h41-42,45H,4-40H2,1-3H3/t42-/m0/s1. The molecule has 1 atom stereocenters. The van der Waals surface area contributed by atoms with E-state index in [1.54, 1.807) is 0 Å². The average molecular weight is 695 g/mol. The molecule has 0 heterocycles. The molecular formula is C44H86O5. The van der Waals surface area contributed by atoms with Gasteiger partial charge in [0.25, 0.3) is 0 Å². The molecule has 0 bridgehead atoms. The average Bonchev–Trinajstić information content (AvgIpc) is 3.09. The summed E-state index contributed by atoms with van der Waals surface area (Å²) in [6, 6.07) is 0. The van der Waals surface area contributed by atoms with E-state index in [0.717, 1.165) is 38.0 Å². The molecule has 0 radical (unpaired) electrons. The van der Waals surface area contributed by atoms with E-state index in [-0.39, 0.29) is 25.2 Å². The Kier molecular flexibility index (Phi) is 38.8. The van der Waals surface area contributed by atoms with Crippen LogP contribution in [0, 0.1) is 5.92 Å². The third kappa shape index (κ3) is 39.5. The zero-order valence-corrected chi connectivity index (χ0v) is 33.4. The van der Waals surface area contributed by atoms with E-state index in [2.05, 4.69) is 20.8 Å². The van der Waals surface area contributed by atoms with Crippen LogP contribution in [0.2, 0.25) is 0 Å². The van der Waals surface area contributed by atoms with Crippen molar-refractivity contribution in [1.29, 1.82) is 0 Å². The van der Waals surface area contributed by atoms with Crippen molar-refractivity contribution < 1.29 is 24.2 Å². The van der Waals surface area contributed by atoms with Gasteiger partial charge in [-0.25, -0.2) is 0 Å². The highest BCUT2D eigenvalue weighted by Crippen LogP contribution is 2.17. The number of hydrogen-bond acceptors (Lipinski definition) is 5. The zero-order valence-electron chi connectivity index (χ0n) is 33.4. The first-order valence-electron chi connectivity index (χ1n) is 22.0. The first kappa shape index (κ1) is 47.9. The van der Waals surface area contributed by atoms with Gasteiger partial charge in [0.05, 0.1) is 6.61 Å². The minimum absolute atomic E-state index is 0.0571. The van der Waals surface area contributed by atoms with Crippen LogP contribution in [0.4, 0.5) is 0 Å². The van der Waals surface area contributed by atoms with E-state index in [9.17, 15) is 14.7 Å². The SMILES string of the molecule is CCCCCCCCCCCCCCCCCCCC(=O)OC[C@H](CO)OC(=O)CCCCCCCCCCCCCCCCCC(C)C. The van der Waals surface area contributed by atoms with Crippen LogP contribution in [0.15, 0.2) is 0 Å². The van der Waals surface area contributed by atoms with Crippen molar-refractivity contribution in [2.75, 3.05) is 13.2 Å². The Labute approximate surface area is 306 Å². The number of carbonyl (C=O) groups is 2. The lowest BCUT2D eigenvalue weighted by Gasteiger charge is -2.15. The van der Waals surface area contributed by atoms with Crippen LogP contribution in [-0.2, 0) is 19.1 Å². The predicted molar refractivity (Wildman–Crippen MR) is 210 cm³/mol. The van der Waals surface area contributed by atoms with Gasteiger partial charge in [-0.1, -0.05) is 220 Å². The molecule has 5 heteroatoms. The second-order valence-electron chi connectivity index (χ2n) is 15.6. The van der Waals surface area contributed by atoms with E-state index >= 15 is 0 Å². The molecule has 0 aromatic rings. The highest BCUT2D eigenvalue weighted by Gasteiger charge is 2.16. The molecule has 5 nitrogen and oxygen atoms in total. The normalized spacial score (nSPS) is 12.1. The first-order valence-corrected chi connectivity index (χ1v) is 22.0.